The van der Waals surface area contributed by atoms with Crippen LogP contribution in [-0.4, -0.2) is 42.7 Å². The number of hydrazine groups is 1. The van der Waals surface area contributed by atoms with E-state index in [2.05, 4.69) is 5.43 Å². The Morgan fingerprint density at radius 2 is 1.76 bits per heavy atom. The molecule has 1 aliphatic rings. The van der Waals surface area contributed by atoms with Gasteiger partial charge in [-0.3, -0.25) is 20.2 Å². The second-order valence-corrected chi connectivity index (χ2v) is 11.2. The number of rotatable bonds is 12. The lowest BCUT2D eigenvalue weighted by Gasteiger charge is -2.29. The Labute approximate surface area is 197 Å². The highest BCUT2D eigenvalue weighted by Crippen LogP contribution is 2.28. The van der Waals surface area contributed by atoms with Crippen molar-refractivity contribution in [2.75, 3.05) is 12.8 Å². The van der Waals surface area contributed by atoms with Gasteiger partial charge in [0.05, 0.1) is 18.1 Å². The third-order valence-electron chi connectivity index (χ3n) is 6.03. The summed E-state index contributed by atoms with van der Waals surface area (Å²) in [5.74, 6) is -2.59. The molecule has 33 heavy (non-hydrogen) atoms. The molecule has 184 valence electrons. The molecule has 0 saturated heterocycles. The van der Waals surface area contributed by atoms with E-state index in [1.807, 2.05) is 50.3 Å². The van der Waals surface area contributed by atoms with E-state index in [-0.39, 0.29) is 24.8 Å². The average molecular weight is 480 g/mol. The molecular weight excluding hydrogens is 442 g/mol. The number of sulfonamides is 1. The number of hydrogen-bond acceptors (Lipinski definition) is 5. The van der Waals surface area contributed by atoms with Crippen LogP contribution in [0.5, 0.6) is 0 Å². The number of allylic oxidation sites excluding steroid dienone is 1. The van der Waals surface area contributed by atoms with E-state index in [1.54, 1.807) is 11.6 Å². The number of nitrogens with zero attached hydrogens (tertiary/aromatic N) is 1. The fourth-order valence-electron chi connectivity index (χ4n) is 4.31. The van der Waals surface area contributed by atoms with Gasteiger partial charge >= 0.3 is 0 Å². The van der Waals surface area contributed by atoms with Crippen LogP contribution in [-0.2, 0) is 19.6 Å². The molecule has 2 atom stereocenters. The van der Waals surface area contributed by atoms with Crippen LogP contribution in [0.4, 0.5) is 0 Å². The molecule has 2 rings (SSSR count). The third kappa shape index (κ3) is 8.91. The zero-order chi connectivity index (χ0) is 24.4. The molecule has 0 spiro atoms. The van der Waals surface area contributed by atoms with Crippen LogP contribution >= 0.6 is 0 Å². The molecule has 3 N–H and O–H groups in total. The molecule has 0 aliphatic heterocycles. The standard InChI is InChI=1S/C24H37N3O5S/c1-18(2)16-22(21(24(29)26-30)15-9-14-19-10-5-4-6-11-19)23(28)25-27(33(3,31)32)17-20-12-7-8-13-20/h4-6,9-11,14,18,20-22,30H,7-8,12-13,15-17H2,1-3H3,(H,25,28)(H,26,29)/b14-9+/t21-,22+/m0/s1. The van der Waals surface area contributed by atoms with Gasteiger partial charge in [-0.25, -0.2) is 13.9 Å². The minimum absolute atomic E-state index is 0.0781. The second kappa shape index (κ2) is 12.9. The number of hydrogen-bond donors (Lipinski definition) is 3. The van der Waals surface area contributed by atoms with Crippen molar-refractivity contribution in [3.05, 3.63) is 42.0 Å². The second-order valence-electron chi connectivity index (χ2n) is 9.29. The molecule has 2 amide bonds. The first kappa shape index (κ1) is 27.0. The van der Waals surface area contributed by atoms with Gasteiger partial charge in [0.15, 0.2) is 0 Å². The van der Waals surface area contributed by atoms with Crippen LogP contribution < -0.4 is 10.9 Å². The van der Waals surface area contributed by atoms with Crippen molar-refractivity contribution in [3.63, 3.8) is 0 Å². The number of carbonyl (C=O) groups excluding carboxylic acids is 2. The summed E-state index contributed by atoms with van der Waals surface area (Å²) < 4.78 is 25.8. The third-order valence-corrected chi connectivity index (χ3v) is 7.07. The summed E-state index contributed by atoms with van der Waals surface area (Å²) in [4.78, 5) is 25.8. The van der Waals surface area contributed by atoms with Crippen LogP contribution in [0.15, 0.2) is 36.4 Å². The number of nitrogens with one attached hydrogen (secondary N) is 2. The van der Waals surface area contributed by atoms with Crippen molar-refractivity contribution in [2.24, 2.45) is 23.7 Å². The first-order valence-electron chi connectivity index (χ1n) is 11.6. The zero-order valence-electron chi connectivity index (χ0n) is 19.7. The summed E-state index contributed by atoms with van der Waals surface area (Å²) in [5.41, 5.74) is 5.21. The van der Waals surface area contributed by atoms with Gasteiger partial charge in [0.1, 0.15) is 0 Å². The Kier molecular flexibility index (Phi) is 10.5. The first-order valence-corrected chi connectivity index (χ1v) is 13.4. The summed E-state index contributed by atoms with van der Waals surface area (Å²) in [6, 6.07) is 9.54. The topological polar surface area (TPSA) is 116 Å². The highest BCUT2D eigenvalue weighted by molar-refractivity contribution is 7.88. The average Bonchev–Trinajstić information content (AvgIpc) is 3.27. The van der Waals surface area contributed by atoms with Gasteiger partial charge < -0.3 is 0 Å². The maximum absolute atomic E-state index is 13.3. The van der Waals surface area contributed by atoms with Crippen molar-refractivity contribution in [2.45, 2.75) is 52.4 Å². The Balaban J connectivity index is 2.22. The van der Waals surface area contributed by atoms with E-state index in [4.69, 9.17) is 0 Å². The maximum atomic E-state index is 13.3. The van der Waals surface area contributed by atoms with Gasteiger partial charge in [-0.1, -0.05) is 69.2 Å². The van der Waals surface area contributed by atoms with Gasteiger partial charge in [-0.15, -0.1) is 4.41 Å². The molecule has 0 aromatic heterocycles. The molecule has 0 unspecified atom stereocenters. The molecule has 1 aliphatic carbocycles. The summed E-state index contributed by atoms with van der Waals surface area (Å²) in [7, 11) is -3.68. The molecule has 0 bridgehead atoms. The molecule has 0 radical (unpaired) electrons. The fourth-order valence-corrected chi connectivity index (χ4v) is 5.05. The van der Waals surface area contributed by atoms with Gasteiger partial charge in [-0.2, -0.15) is 0 Å². The minimum atomic E-state index is -3.68. The zero-order valence-corrected chi connectivity index (χ0v) is 20.6. The monoisotopic (exact) mass is 479 g/mol. The molecule has 9 heteroatoms. The summed E-state index contributed by atoms with van der Waals surface area (Å²) in [5, 5.41) is 9.33. The summed E-state index contributed by atoms with van der Waals surface area (Å²) in [6.45, 7) is 4.09. The van der Waals surface area contributed by atoms with E-state index in [1.165, 1.54) is 0 Å². The molecule has 1 aromatic rings. The van der Waals surface area contributed by atoms with E-state index < -0.39 is 33.7 Å². The largest absolute Gasteiger partial charge is 0.289 e. The Morgan fingerprint density at radius 3 is 2.30 bits per heavy atom. The Hall–Kier alpha value is -2.23. The van der Waals surface area contributed by atoms with Crippen molar-refractivity contribution in [1.29, 1.82) is 0 Å². The van der Waals surface area contributed by atoms with Gasteiger partial charge in [-0.05, 0) is 43.1 Å². The lowest BCUT2D eigenvalue weighted by molar-refractivity contribution is -0.142. The van der Waals surface area contributed by atoms with E-state index >= 15 is 0 Å². The van der Waals surface area contributed by atoms with E-state index in [9.17, 15) is 23.2 Å². The fraction of sp³-hybridized carbons (Fsp3) is 0.583. The normalized spacial score (nSPS) is 16.9. The molecule has 1 fully saturated rings. The molecule has 1 aromatic carbocycles. The Bertz CT molecular complexity index is 896. The van der Waals surface area contributed by atoms with Crippen LogP contribution in [0.2, 0.25) is 0 Å². The summed E-state index contributed by atoms with van der Waals surface area (Å²) in [6.07, 6.45) is 9.26. The predicted molar refractivity (Wildman–Crippen MR) is 128 cm³/mol. The van der Waals surface area contributed by atoms with Gasteiger partial charge in [0.25, 0.3) is 0 Å². The van der Waals surface area contributed by atoms with E-state index in [0.29, 0.717) is 6.42 Å². The Morgan fingerprint density at radius 1 is 1.12 bits per heavy atom. The quantitative estimate of drug-likeness (QED) is 0.314. The molecular formula is C24H37N3O5S. The van der Waals surface area contributed by atoms with Gasteiger partial charge in [0, 0.05) is 6.54 Å². The highest BCUT2D eigenvalue weighted by Gasteiger charge is 2.36. The lowest BCUT2D eigenvalue weighted by atomic mass is 9.82. The predicted octanol–water partition coefficient (Wildman–Crippen LogP) is 3.36. The number of benzene rings is 1. The van der Waals surface area contributed by atoms with Crippen LogP contribution in [0, 0.1) is 23.7 Å². The van der Waals surface area contributed by atoms with Gasteiger partial charge in [0.2, 0.25) is 21.8 Å². The van der Waals surface area contributed by atoms with Crippen LogP contribution in [0.3, 0.4) is 0 Å². The number of carbonyl (C=O) groups is 2. The molecule has 0 heterocycles. The molecule has 1 saturated carbocycles. The van der Waals surface area contributed by atoms with Crippen LogP contribution in [0.25, 0.3) is 6.08 Å². The number of amides is 2. The van der Waals surface area contributed by atoms with E-state index in [0.717, 1.165) is 41.9 Å². The van der Waals surface area contributed by atoms with Crippen molar-refractivity contribution >= 4 is 27.9 Å². The summed E-state index contributed by atoms with van der Waals surface area (Å²) >= 11 is 0. The highest BCUT2D eigenvalue weighted by atomic mass is 32.2. The minimum Gasteiger partial charge on any atom is -0.289 e. The SMILES string of the molecule is CC(C)C[C@@H](C(=O)NN(CC1CCCC1)S(C)(=O)=O)[C@H](C/C=C/c1ccccc1)C(=O)NO. The van der Waals surface area contributed by atoms with Crippen molar-refractivity contribution < 1.29 is 23.2 Å². The van der Waals surface area contributed by atoms with Crippen molar-refractivity contribution in [1.82, 2.24) is 15.3 Å². The smallest absolute Gasteiger partial charge is 0.247 e. The molecule has 8 nitrogen and oxygen atoms in total. The number of hydroxylamine groups is 1. The van der Waals surface area contributed by atoms with Crippen molar-refractivity contribution in [3.8, 4) is 0 Å². The van der Waals surface area contributed by atoms with Crippen LogP contribution in [0.1, 0.15) is 57.9 Å². The lowest BCUT2D eigenvalue weighted by Crippen LogP contribution is -2.52. The maximum Gasteiger partial charge on any atom is 0.247 e. The first-order chi connectivity index (χ1) is 15.6.